The molecule has 1 aromatic heterocycles. The van der Waals surface area contributed by atoms with Crippen molar-refractivity contribution in [3.63, 3.8) is 0 Å². The number of fused-ring (bicyclic) bond motifs is 1. The van der Waals surface area contributed by atoms with E-state index in [1.165, 1.54) is 22.1 Å². The first-order valence-electron chi connectivity index (χ1n) is 11.1. The quantitative estimate of drug-likeness (QED) is 0.431. The van der Waals surface area contributed by atoms with Crippen LogP contribution >= 0.6 is 0 Å². The van der Waals surface area contributed by atoms with Gasteiger partial charge in [0.1, 0.15) is 8.42 Å². The maximum atomic E-state index is 8.59. The van der Waals surface area contributed by atoms with Crippen molar-refractivity contribution in [3.05, 3.63) is 64.8 Å². The monoisotopic (exact) mass is 362 g/mol. The molecule has 27 heavy (non-hydrogen) atoms. The van der Waals surface area contributed by atoms with Gasteiger partial charge in [-0.2, -0.15) is 0 Å². The lowest BCUT2D eigenvalue weighted by molar-refractivity contribution is -0.659. The smallest absolute Gasteiger partial charge is 0.200 e. The summed E-state index contributed by atoms with van der Waals surface area (Å²) in [6.07, 6.45) is 2.76. The summed E-state index contributed by atoms with van der Waals surface area (Å²) in [6, 6.07) is 13.0. The zero-order valence-corrected chi connectivity index (χ0v) is 17.9. The van der Waals surface area contributed by atoms with Crippen molar-refractivity contribution in [3.8, 4) is 11.3 Å². The van der Waals surface area contributed by atoms with Gasteiger partial charge in [0.2, 0.25) is 5.69 Å². The number of hydrogen-bond acceptors (Lipinski definition) is 0. The van der Waals surface area contributed by atoms with Gasteiger partial charge in [0.15, 0.2) is 6.17 Å². The summed E-state index contributed by atoms with van der Waals surface area (Å²) in [5.74, 6) is -0.106. The van der Waals surface area contributed by atoms with Crippen molar-refractivity contribution in [1.29, 1.82) is 0 Å². The van der Waals surface area contributed by atoms with Crippen molar-refractivity contribution in [2.75, 3.05) is 0 Å². The van der Waals surface area contributed by atoms with Crippen LogP contribution < -0.4 is 4.57 Å². The van der Waals surface area contributed by atoms with Crippen LogP contribution in [0.25, 0.3) is 22.0 Å². The summed E-state index contributed by atoms with van der Waals surface area (Å²) >= 11 is 0. The van der Waals surface area contributed by atoms with Gasteiger partial charge in [0.05, 0.1) is 10.9 Å². The molecule has 3 aromatic rings. The minimum Gasteiger partial charge on any atom is -0.200 e. The highest BCUT2D eigenvalue weighted by atomic mass is 14.9. The van der Waals surface area contributed by atoms with Gasteiger partial charge in [-0.15, -0.1) is 0 Å². The second-order valence-electron chi connectivity index (χ2n) is 8.01. The number of nitrogens with zero attached hydrogens (tertiary/aromatic N) is 1. The van der Waals surface area contributed by atoms with Gasteiger partial charge in [-0.3, -0.25) is 0 Å². The minimum atomic E-state index is -0.664. The Bertz CT molecular complexity index is 1060. The average molecular weight is 363 g/mol. The number of hydrogen-bond donors (Lipinski definition) is 0. The molecule has 0 aliphatic carbocycles. The van der Waals surface area contributed by atoms with E-state index < -0.39 is 5.89 Å². The van der Waals surface area contributed by atoms with Crippen LogP contribution in [0.3, 0.4) is 0 Å². The molecule has 0 N–H and O–H groups in total. The van der Waals surface area contributed by atoms with Crippen LogP contribution in [0, 0.1) is 13.8 Å². The zero-order chi connectivity index (χ0) is 21.5. The molecule has 0 aliphatic heterocycles. The summed E-state index contributed by atoms with van der Waals surface area (Å²) in [7, 11) is 1.97. The highest BCUT2D eigenvalue weighted by molar-refractivity contribution is 5.94. The normalized spacial score (nSPS) is 13.2. The van der Waals surface area contributed by atoms with E-state index >= 15 is 0 Å². The lowest BCUT2D eigenvalue weighted by Gasteiger charge is -2.16. The molecule has 1 heterocycles. The third-order valence-corrected chi connectivity index (χ3v) is 6.04. The van der Waals surface area contributed by atoms with Crippen LogP contribution in [0.1, 0.15) is 77.3 Å². The molecule has 0 amide bonds. The molecule has 2 aromatic carbocycles. The predicted molar refractivity (Wildman–Crippen MR) is 117 cm³/mol. The first-order valence-corrected chi connectivity index (χ1v) is 10.1. The molecule has 0 saturated heterocycles. The first kappa shape index (κ1) is 17.0. The van der Waals surface area contributed by atoms with Crippen LogP contribution in [-0.4, -0.2) is 0 Å². The first-order chi connectivity index (χ1) is 13.6. The van der Waals surface area contributed by atoms with Crippen LogP contribution in [0.15, 0.2) is 42.6 Å². The van der Waals surface area contributed by atoms with E-state index in [1.54, 1.807) is 0 Å². The summed E-state index contributed by atoms with van der Waals surface area (Å²) in [6.45, 7) is 12.6. The number of benzene rings is 2. The van der Waals surface area contributed by atoms with Crippen LogP contribution in [0.5, 0.6) is 0 Å². The van der Waals surface area contributed by atoms with E-state index in [0.717, 1.165) is 35.0 Å². The minimum absolute atomic E-state index is 0.502. The molecule has 1 nitrogen and oxygen atoms in total. The second-order valence-corrected chi connectivity index (χ2v) is 8.01. The molecule has 0 aliphatic rings. The van der Waals surface area contributed by atoms with Gasteiger partial charge in [-0.1, -0.05) is 45.9 Å². The Kier molecular flexibility index (Phi) is 4.93. The van der Waals surface area contributed by atoms with Gasteiger partial charge < -0.3 is 0 Å². The number of aryl methyl sites for hydroxylation is 1. The molecule has 0 saturated carbocycles. The molecule has 1 heteroatoms. The Morgan fingerprint density at radius 2 is 1.70 bits per heavy atom. The van der Waals surface area contributed by atoms with Crippen LogP contribution in [0.2, 0.25) is 0 Å². The average Bonchev–Trinajstić information content (AvgIpc) is 2.65. The maximum absolute atomic E-state index is 8.59. The lowest BCUT2D eigenvalue weighted by Crippen LogP contribution is -2.31. The SMILES string of the molecule is [2H]c1cc2cc(C(CC)CC)ccc2c(-c2cc(C([2H])(C)C)cc(C)c2C)[n+]1C. The predicted octanol–water partition coefficient (Wildman–Crippen LogP) is 6.98. The standard InChI is InChI=1S/C26H34N/c1-8-20(9-2)21-10-11-24-22(15-21)12-13-27(7)26(24)25-16-23(17(3)4)14-18(5)19(25)6/h10-17,20H,8-9H2,1-7H3/q+1/i13D,17D. The fourth-order valence-electron chi connectivity index (χ4n) is 4.06. The second kappa shape index (κ2) is 7.84. The molecule has 142 valence electrons. The van der Waals surface area contributed by atoms with Gasteiger partial charge in [0, 0.05) is 7.44 Å². The number of pyridine rings is 1. The van der Waals surface area contributed by atoms with E-state index in [4.69, 9.17) is 2.74 Å². The summed E-state index contributed by atoms with van der Waals surface area (Å²) in [5.41, 5.74) is 6.95. The summed E-state index contributed by atoms with van der Waals surface area (Å²) < 4.78 is 19.1. The van der Waals surface area contributed by atoms with E-state index in [-0.39, 0.29) is 0 Å². The topological polar surface area (TPSA) is 3.88 Å². The van der Waals surface area contributed by atoms with Crippen LogP contribution in [0.4, 0.5) is 0 Å². The Morgan fingerprint density at radius 3 is 2.33 bits per heavy atom. The fourth-order valence-corrected chi connectivity index (χ4v) is 4.06. The molecule has 0 radical (unpaired) electrons. The molecule has 0 atom stereocenters. The molecule has 0 fully saturated rings. The van der Waals surface area contributed by atoms with Crippen molar-refractivity contribution in [2.24, 2.45) is 7.05 Å². The summed E-state index contributed by atoms with van der Waals surface area (Å²) in [5, 5.41) is 2.29. The molecule has 0 unspecified atom stereocenters. The number of aromatic nitrogens is 1. The zero-order valence-electron chi connectivity index (χ0n) is 19.9. The highest BCUT2D eigenvalue weighted by Gasteiger charge is 2.20. The van der Waals surface area contributed by atoms with Crippen molar-refractivity contribution < 1.29 is 7.31 Å². The molecule has 0 spiro atoms. The van der Waals surface area contributed by atoms with Crippen molar-refractivity contribution in [2.45, 2.75) is 66.2 Å². The molecule has 3 rings (SSSR count). The van der Waals surface area contributed by atoms with Crippen LogP contribution in [-0.2, 0) is 7.05 Å². The van der Waals surface area contributed by atoms with E-state index in [9.17, 15) is 0 Å². The molecular formula is C26H34N+. The largest absolute Gasteiger partial charge is 0.220 e. The Labute approximate surface area is 167 Å². The van der Waals surface area contributed by atoms with Crippen molar-refractivity contribution >= 4 is 10.8 Å². The Balaban J connectivity index is 2.35. The van der Waals surface area contributed by atoms with Crippen molar-refractivity contribution in [1.82, 2.24) is 0 Å². The third-order valence-electron chi connectivity index (χ3n) is 6.04. The number of rotatable bonds is 5. The van der Waals surface area contributed by atoms with Gasteiger partial charge in [-0.25, -0.2) is 4.57 Å². The van der Waals surface area contributed by atoms with E-state index in [1.807, 2.05) is 31.5 Å². The maximum Gasteiger partial charge on any atom is 0.220 e. The molecular weight excluding hydrogens is 326 g/mol. The molecule has 0 bridgehead atoms. The lowest BCUT2D eigenvalue weighted by atomic mass is 9.89. The van der Waals surface area contributed by atoms with Gasteiger partial charge in [0.25, 0.3) is 0 Å². The van der Waals surface area contributed by atoms with E-state index in [2.05, 4.69) is 58.0 Å². The highest BCUT2D eigenvalue weighted by Crippen LogP contribution is 2.34. The fraction of sp³-hybridized carbons (Fsp3) is 0.423. The third kappa shape index (κ3) is 3.65. The summed E-state index contributed by atoms with van der Waals surface area (Å²) in [4.78, 5) is 0. The Hall–Kier alpha value is -2.15. The van der Waals surface area contributed by atoms with E-state index in [0.29, 0.717) is 12.1 Å². The van der Waals surface area contributed by atoms with Gasteiger partial charge in [-0.05, 0) is 78.3 Å². The Morgan fingerprint density at radius 1 is 1.00 bits per heavy atom. The van der Waals surface area contributed by atoms with Gasteiger partial charge >= 0.3 is 0 Å².